The number of halogens is 2. The summed E-state index contributed by atoms with van der Waals surface area (Å²) in [5, 5.41) is 13.0. The number of rotatable bonds is 5. The topological polar surface area (TPSA) is 109 Å². The minimum Gasteiger partial charge on any atom is -0.350 e. The van der Waals surface area contributed by atoms with Crippen LogP contribution in [0.2, 0.25) is 0 Å². The molecule has 0 bridgehead atoms. The molecule has 1 unspecified atom stereocenters. The fraction of sp³-hybridized carbons (Fsp3) is 0.379. The van der Waals surface area contributed by atoms with Gasteiger partial charge < -0.3 is 20.1 Å². The van der Waals surface area contributed by atoms with Crippen LogP contribution in [0.25, 0.3) is 10.9 Å². The van der Waals surface area contributed by atoms with Gasteiger partial charge in [-0.2, -0.15) is 5.26 Å². The molecular formula is C29H27F2N5O3. The van der Waals surface area contributed by atoms with E-state index in [2.05, 4.69) is 16.4 Å². The van der Waals surface area contributed by atoms with E-state index in [1.165, 1.54) is 22.9 Å². The van der Waals surface area contributed by atoms with Crippen LogP contribution in [-0.2, 0) is 15.0 Å². The zero-order valence-electron chi connectivity index (χ0n) is 21.3. The quantitative estimate of drug-likeness (QED) is 0.517. The van der Waals surface area contributed by atoms with Crippen molar-refractivity contribution in [3.05, 3.63) is 65.4 Å². The van der Waals surface area contributed by atoms with Crippen LogP contribution in [0.1, 0.15) is 48.2 Å². The van der Waals surface area contributed by atoms with E-state index in [-0.39, 0.29) is 41.4 Å². The number of para-hydroxylation sites is 1. The van der Waals surface area contributed by atoms with Gasteiger partial charge in [-0.1, -0.05) is 37.5 Å². The molecule has 10 heteroatoms. The van der Waals surface area contributed by atoms with Crippen LogP contribution < -0.4 is 5.32 Å². The van der Waals surface area contributed by atoms with Crippen LogP contribution in [0.3, 0.4) is 0 Å². The second-order valence-electron chi connectivity index (χ2n) is 10.9. The molecule has 3 atom stereocenters. The maximum absolute atomic E-state index is 14.3. The highest BCUT2D eigenvalue weighted by Gasteiger charge is 2.56. The molecule has 1 spiro atoms. The minimum absolute atomic E-state index is 0.0298. The first-order valence-corrected chi connectivity index (χ1v) is 13.1. The number of benzene rings is 2. The molecule has 2 aliphatic heterocycles. The zero-order chi connectivity index (χ0) is 27.5. The third-order valence-electron chi connectivity index (χ3n) is 8.65. The summed E-state index contributed by atoms with van der Waals surface area (Å²) < 4.78 is 28.0. The van der Waals surface area contributed by atoms with E-state index < -0.39 is 40.9 Å². The second-order valence-corrected chi connectivity index (χ2v) is 10.9. The Morgan fingerprint density at radius 1 is 1.23 bits per heavy atom. The lowest BCUT2D eigenvalue weighted by Crippen LogP contribution is -2.52. The number of likely N-dealkylation sites (tertiary alicyclic amines) is 1. The van der Waals surface area contributed by atoms with Crippen LogP contribution in [-0.4, -0.2) is 58.2 Å². The molecule has 1 aromatic heterocycles. The summed E-state index contributed by atoms with van der Waals surface area (Å²) in [4.78, 5) is 46.4. The largest absolute Gasteiger partial charge is 0.350 e. The van der Waals surface area contributed by atoms with Gasteiger partial charge >= 0.3 is 0 Å². The van der Waals surface area contributed by atoms with E-state index in [0.717, 1.165) is 37.0 Å². The maximum Gasteiger partial charge on any atom is 0.270 e. The van der Waals surface area contributed by atoms with Crippen LogP contribution in [0, 0.1) is 28.9 Å². The predicted octanol–water partition coefficient (Wildman–Crippen LogP) is 4.09. The molecule has 6 rings (SSSR count). The number of likely N-dealkylation sites (N-methyl/N-ethyl adjacent to an activating group) is 1. The first-order valence-electron chi connectivity index (χ1n) is 13.1. The summed E-state index contributed by atoms with van der Waals surface area (Å²) in [7, 11) is 1.51. The number of hydrogen-bond acceptors (Lipinski definition) is 4. The minimum atomic E-state index is -1.03. The van der Waals surface area contributed by atoms with Gasteiger partial charge in [-0.15, -0.1) is 0 Å². The fourth-order valence-corrected chi connectivity index (χ4v) is 6.25. The van der Waals surface area contributed by atoms with Gasteiger partial charge in [0.05, 0.1) is 17.0 Å². The lowest BCUT2D eigenvalue weighted by atomic mass is 9.79. The Hall–Kier alpha value is -4.26. The first-order chi connectivity index (χ1) is 18.7. The highest BCUT2D eigenvalue weighted by Crippen LogP contribution is 2.46. The number of nitrogens with one attached hydrogen (secondary N) is 2. The molecule has 3 aliphatic rings. The van der Waals surface area contributed by atoms with Crippen molar-refractivity contribution in [2.75, 3.05) is 18.9 Å². The van der Waals surface area contributed by atoms with Crippen molar-refractivity contribution in [3.63, 3.8) is 0 Å². The number of fused-ring (bicyclic) bond motifs is 3. The number of nitriles is 1. The summed E-state index contributed by atoms with van der Waals surface area (Å²) in [6.07, 6.45) is 3.49. The van der Waals surface area contributed by atoms with E-state index in [1.807, 2.05) is 18.2 Å². The molecule has 1 saturated carbocycles. The SMILES string of the molecule is CN(C(=O)c1cc2c(F)cc(F)cc2[nH]1)[C@@H](CC1CCC1)C(=O)N1C[C@]2(CC1C#N)C(=O)Nc1ccccc12. The molecule has 1 saturated heterocycles. The maximum atomic E-state index is 14.3. The number of anilines is 1. The van der Waals surface area contributed by atoms with Crippen LogP contribution in [0.15, 0.2) is 42.5 Å². The Labute approximate surface area is 223 Å². The molecule has 39 heavy (non-hydrogen) atoms. The number of carbonyl (C=O) groups excluding carboxylic acids is 3. The average molecular weight is 532 g/mol. The number of aromatic amines is 1. The van der Waals surface area contributed by atoms with Crippen molar-refractivity contribution in [3.8, 4) is 6.07 Å². The van der Waals surface area contributed by atoms with E-state index in [4.69, 9.17) is 0 Å². The summed E-state index contributed by atoms with van der Waals surface area (Å²) in [5.74, 6) is -2.50. The Morgan fingerprint density at radius 3 is 2.72 bits per heavy atom. The smallest absolute Gasteiger partial charge is 0.270 e. The van der Waals surface area contributed by atoms with Crippen molar-refractivity contribution in [1.82, 2.24) is 14.8 Å². The molecule has 3 amide bonds. The van der Waals surface area contributed by atoms with Gasteiger partial charge in [0, 0.05) is 37.2 Å². The summed E-state index contributed by atoms with van der Waals surface area (Å²) in [5.41, 5.74) is 0.576. The summed E-state index contributed by atoms with van der Waals surface area (Å²) >= 11 is 0. The first kappa shape index (κ1) is 25.0. The van der Waals surface area contributed by atoms with E-state index >= 15 is 0 Å². The molecule has 2 N–H and O–H groups in total. The van der Waals surface area contributed by atoms with Crippen molar-refractivity contribution >= 4 is 34.3 Å². The van der Waals surface area contributed by atoms with Crippen LogP contribution in [0.4, 0.5) is 14.5 Å². The second kappa shape index (κ2) is 9.19. The molecule has 0 radical (unpaired) electrons. The van der Waals surface area contributed by atoms with E-state index in [0.29, 0.717) is 12.1 Å². The summed E-state index contributed by atoms with van der Waals surface area (Å²) in [6, 6.07) is 10.9. The van der Waals surface area contributed by atoms with Gasteiger partial charge in [-0.3, -0.25) is 14.4 Å². The third-order valence-corrected chi connectivity index (χ3v) is 8.65. The van der Waals surface area contributed by atoms with Gasteiger partial charge in [0.1, 0.15) is 29.4 Å². The standard InChI is InChI=1S/C29H27F2N5O3/c1-35(26(37)24-12-19-21(31)10-17(30)11-23(19)33-24)25(9-16-5-4-6-16)27(38)36-15-29(13-18(36)14-32)20-7-2-3-8-22(20)34-28(29)39/h2-3,7-8,10-12,16,18,25,33H,4-6,9,13,15H2,1H3,(H,34,39)/t18?,25-,29-/m0/s1. The highest BCUT2D eigenvalue weighted by atomic mass is 19.1. The van der Waals surface area contributed by atoms with E-state index in [9.17, 15) is 28.4 Å². The van der Waals surface area contributed by atoms with Gasteiger partial charge in [-0.05, 0) is 36.1 Å². The summed E-state index contributed by atoms with van der Waals surface area (Å²) in [6.45, 7) is 0.0347. The Kier molecular flexibility index (Phi) is 5.90. The Balaban J connectivity index is 1.32. The monoisotopic (exact) mass is 531 g/mol. The van der Waals surface area contributed by atoms with Crippen molar-refractivity contribution in [1.29, 1.82) is 5.26 Å². The number of nitrogens with zero attached hydrogens (tertiary/aromatic N) is 3. The number of carbonyl (C=O) groups is 3. The van der Waals surface area contributed by atoms with Gasteiger partial charge in [-0.25, -0.2) is 8.78 Å². The number of hydrogen-bond donors (Lipinski definition) is 2. The zero-order valence-corrected chi connectivity index (χ0v) is 21.3. The van der Waals surface area contributed by atoms with Gasteiger partial charge in [0.15, 0.2) is 0 Å². The van der Waals surface area contributed by atoms with Crippen molar-refractivity contribution < 1.29 is 23.2 Å². The number of aromatic nitrogens is 1. The predicted molar refractivity (Wildman–Crippen MR) is 139 cm³/mol. The molecule has 8 nitrogen and oxygen atoms in total. The van der Waals surface area contributed by atoms with E-state index in [1.54, 1.807) is 6.07 Å². The lowest BCUT2D eigenvalue weighted by molar-refractivity contribution is -0.137. The molecule has 200 valence electrons. The third kappa shape index (κ3) is 3.95. The molecule has 1 aliphatic carbocycles. The van der Waals surface area contributed by atoms with Gasteiger partial charge in [0.2, 0.25) is 11.8 Å². The van der Waals surface area contributed by atoms with Crippen LogP contribution in [0.5, 0.6) is 0 Å². The number of H-pyrrole nitrogens is 1. The normalized spacial score (nSPS) is 22.9. The van der Waals surface area contributed by atoms with Crippen molar-refractivity contribution in [2.45, 2.75) is 49.6 Å². The molecule has 2 fully saturated rings. The molecule has 3 aromatic rings. The van der Waals surface area contributed by atoms with Crippen LogP contribution >= 0.6 is 0 Å². The fourth-order valence-electron chi connectivity index (χ4n) is 6.25. The lowest BCUT2D eigenvalue weighted by Gasteiger charge is -2.36. The molecule has 2 aromatic carbocycles. The highest BCUT2D eigenvalue weighted by molar-refractivity contribution is 6.07. The number of amides is 3. The Morgan fingerprint density at radius 2 is 2.00 bits per heavy atom. The molecular weight excluding hydrogens is 504 g/mol. The molecule has 3 heterocycles. The van der Waals surface area contributed by atoms with Crippen molar-refractivity contribution in [2.24, 2.45) is 5.92 Å². The van der Waals surface area contributed by atoms with Gasteiger partial charge in [0.25, 0.3) is 5.91 Å². The average Bonchev–Trinajstić information content (AvgIpc) is 3.57. The Bertz CT molecular complexity index is 1560.